The summed E-state index contributed by atoms with van der Waals surface area (Å²) in [6, 6.07) is 14.7. The quantitative estimate of drug-likeness (QED) is 0.504. The number of aromatic nitrogens is 4. The Hall–Kier alpha value is -3.81. The van der Waals surface area contributed by atoms with Crippen LogP contribution in [0, 0.1) is 19.7 Å². The molecule has 0 saturated heterocycles. The average Bonchev–Trinajstić information content (AvgIpc) is 3.15. The van der Waals surface area contributed by atoms with Gasteiger partial charge in [-0.05, 0) is 50.1 Å². The first-order valence-electron chi connectivity index (χ1n) is 10.5. The van der Waals surface area contributed by atoms with Crippen LogP contribution < -0.4 is 10.9 Å². The van der Waals surface area contributed by atoms with Gasteiger partial charge in [0.15, 0.2) is 5.52 Å². The fraction of sp³-hybridized carbons (Fsp3) is 0.250. The highest BCUT2D eigenvalue weighted by Gasteiger charge is 2.25. The number of amides is 1. The van der Waals surface area contributed by atoms with Crippen LogP contribution in [-0.4, -0.2) is 25.5 Å². The average molecular weight is 433 g/mol. The van der Waals surface area contributed by atoms with Crippen molar-refractivity contribution >= 4 is 16.8 Å². The summed E-state index contributed by atoms with van der Waals surface area (Å²) in [6.45, 7) is 5.76. The Balaban J connectivity index is 1.69. The molecule has 1 N–H and O–H groups in total. The molecule has 0 saturated carbocycles. The van der Waals surface area contributed by atoms with Gasteiger partial charge in [0.1, 0.15) is 11.9 Å². The number of para-hydroxylation sites is 1. The van der Waals surface area contributed by atoms with Crippen LogP contribution in [0.25, 0.3) is 16.6 Å². The van der Waals surface area contributed by atoms with E-state index < -0.39 is 11.6 Å². The standard InChI is InChI=1S/C24H24FN5O2/c1-4-20(23(31)26-14-17-10-12-18(25)13-11-17)30-24(32)22-21(15(2)27-30)16(3)29(28-22)19-8-6-5-7-9-19/h5-13,20H,4,14H2,1-3H3,(H,26,31). The number of carbonyl (C=O) groups is 1. The molecular formula is C24H24FN5O2. The molecule has 7 nitrogen and oxygen atoms in total. The Labute approximate surface area is 184 Å². The van der Waals surface area contributed by atoms with Crippen LogP contribution >= 0.6 is 0 Å². The number of benzene rings is 2. The van der Waals surface area contributed by atoms with E-state index in [9.17, 15) is 14.0 Å². The van der Waals surface area contributed by atoms with E-state index >= 15 is 0 Å². The van der Waals surface area contributed by atoms with Crippen LogP contribution in [0.5, 0.6) is 0 Å². The first-order chi connectivity index (χ1) is 15.4. The van der Waals surface area contributed by atoms with Crippen molar-refractivity contribution in [3.05, 3.63) is 87.7 Å². The molecule has 0 aliphatic carbocycles. The molecular weight excluding hydrogens is 409 g/mol. The normalized spacial score (nSPS) is 12.1. The molecule has 1 amide bonds. The van der Waals surface area contributed by atoms with Crippen LogP contribution in [0.3, 0.4) is 0 Å². The molecule has 0 spiro atoms. The van der Waals surface area contributed by atoms with E-state index in [1.54, 1.807) is 16.8 Å². The van der Waals surface area contributed by atoms with E-state index in [4.69, 9.17) is 0 Å². The van der Waals surface area contributed by atoms with Gasteiger partial charge in [0, 0.05) is 6.54 Å². The lowest BCUT2D eigenvalue weighted by Crippen LogP contribution is -2.38. The molecule has 2 aromatic carbocycles. The minimum atomic E-state index is -0.784. The molecule has 32 heavy (non-hydrogen) atoms. The van der Waals surface area contributed by atoms with Crippen molar-refractivity contribution in [3.8, 4) is 5.69 Å². The SMILES string of the molecule is CCC(C(=O)NCc1ccc(F)cc1)n1nc(C)c2c(C)n(-c3ccccc3)nc2c1=O. The zero-order valence-electron chi connectivity index (χ0n) is 18.2. The molecule has 4 aromatic rings. The van der Waals surface area contributed by atoms with Gasteiger partial charge < -0.3 is 5.32 Å². The maximum atomic E-state index is 13.3. The van der Waals surface area contributed by atoms with Crippen molar-refractivity contribution in [2.45, 2.75) is 39.8 Å². The Kier molecular flexibility index (Phi) is 5.85. The third kappa shape index (κ3) is 3.91. The minimum absolute atomic E-state index is 0.229. The zero-order valence-corrected chi connectivity index (χ0v) is 18.2. The minimum Gasteiger partial charge on any atom is -0.350 e. The largest absolute Gasteiger partial charge is 0.350 e. The van der Waals surface area contributed by atoms with Gasteiger partial charge in [0.25, 0.3) is 5.56 Å². The zero-order chi connectivity index (χ0) is 22.8. The summed E-state index contributed by atoms with van der Waals surface area (Å²) in [5.74, 6) is -0.666. The highest BCUT2D eigenvalue weighted by molar-refractivity contribution is 5.84. The molecule has 0 fully saturated rings. The molecule has 4 rings (SSSR count). The van der Waals surface area contributed by atoms with Gasteiger partial charge in [-0.3, -0.25) is 9.59 Å². The summed E-state index contributed by atoms with van der Waals surface area (Å²) >= 11 is 0. The summed E-state index contributed by atoms with van der Waals surface area (Å²) in [4.78, 5) is 26.2. The first kappa shape index (κ1) is 21.4. The number of hydrogen-bond donors (Lipinski definition) is 1. The lowest BCUT2D eigenvalue weighted by atomic mass is 10.1. The monoisotopic (exact) mass is 433 g/mol. The molecule has 2 aromatic heterocycles. The summed E-state index contributed by atoms with van der Waals surface area (Å²) in [6.07, 6.45) is 0.380. The fourth-order valence-corrected chi connectivity index (χ4v) is 3.86. The molecule has 0 aliphatic rings. The van der Waals surface area contributed by atoms with Crippen molar-refractivity contribution in [1.29, 1.82) is 0 Å². The van der Waals surface area contributed by atoms with Gasteiger partial charge >= 0.3 is 0 Å². The molecule has 0 aliphatic heterocycles. The third-order valence-electron chi connectivity index (χ3n) is 5.51. The Bertz CT molecular complexity index is 1330. The topological polar surface area (TPSA) is 81.8 Å². The smallest absolute Gasteiger partial charge is 0.295 e. The van der Waals surface area contributed by atoms with Crippen molar-refractivity contribution < 1.29 is 9.18 Å². The number of nitrogens with zero attached hydrogens (tertiary/aromatic N) is 4. The van der Waals surface area contributed by atoms with Crippen LogP contribution in [-0.2, 0) is 11.3 Å². The Morgan fingerprint density at radius 1 is 1.06 bits per heavy atom. The summed E-state index contributed by atoms with van der Waals surface area (Å²) < 4.78 is 16.0. The second-order valence-electron chi connectivity index (χ2n) is 7.66. The lowest BCUT2D eigenvalue weighted by molar-refractivity contribution is -0.125. The van der Waals surface area contributed by atoms with Crippen LogP contribution in [0.4, 0.5) is 4.39 Å². The number of carbonyl (C=O) groups excluding carboxylic acids is 1. The first-order valence-corrected chi connectivity index (χ1v) is 10.5. The van der Waals surface area contributed by atoms with E-state index in [1.165, 1.54) is 16.8 Å². The molecule has 8 heteroatoms. The molecule has 1 unspecified atom stereocenters. The predicted octanol–water partition coefficient (Wildman–Crippen LogP) is 3.61. The molecule has 2 heterocycles. The van der Waals surface area contributed by atoms with E-state index in [-0.39, 0.29) is 23.8 Å². The van der Waals surface area contributed by atoms with Crippen molar-refractivity contribution in [1.82, 2.24) is 24.9 Å². The maximum absolute atomic E-state index is 13.3. The fourth-order valence-electron chi connectivity index (χ4n) is 3.86. The predicted molar refractivity (Wildman–Crippen MR) is 120 cm³/mol. The third-order valence-corrected chi connectivity index (χ3v) is 5.51. The maximum Gasteiger partial charge on any atom is 0.295 e. The number of nitrogens with one attached hydrogen (secondary N) is 1. The van der Waals surface area contributed by atoms with Gasteiger partial charge in [-0.25, -0.2) is 13.8 Å². The summed E-state index contributed by atoms with van der Waals surface area (Å²) in [5, 5.41) is 12.5. The molecule has 1 atom stereocenters. The van der Waals surface area contributed by atoms with Crippen LogP contribution in [0.2, 0.25) is 0 Å². The second-order valence-corrected chi connectivity index (χ2v) is 7.66. The van der Waals surface area contributed by atoms with E-state index in [0.717, 1.165) is 16.9 Å². The second kappa shape index (κ2) is 8.74. The number of halogens is 1. The van der Waals surface area contributed by atoms with Gasteiger partial charge in [-0.2, -0.15) is 10.2 Å². The van der Waals surface area contributed by atoms with Crippen LogP contribution in [0.15, 0.2) is 59.4 Å². The van der Waals surface area contributed by atoms with Gasteiger partial charge in [-0.1, -0.05) is 37.3 Å². The number of aryl methyl sites for hydroxylation is 2. The van der Waals surface area contributed by atoms with Crippen LogP contribution in [0.1, 0.15) is 36.3 Å². The number of hydrogen-bond acceptors (Lipinski definition) is 4. The molecule has 0 bridgehead atoms. The van der Waals surface area contributed by atoms with Gasteiger partial charge in [0.2, 0.25) is 5.91 Å². The molecule has 164 valence electrons. The van der Waals surface area contributed by atoms with Crippen molar-refractivity contribution in [3.63, 3.8) is 0 Å². The Morgan fingerprint density at radius 3 is 2.41 bits per heavy atom. The summed E-state index contributed by atoms with van der Waals surface area (Å²) in [5.41, 5.74) is 2.92. The van der Waals surface area contributed by atoms with Gasteiger partial charge in [-0.15, -0.1) is 0 Å². The molecule has 0 radical (unpaired) electrons. The lowest BCUT2D eigenvalue weighted by Gasteiger charge is -2.17. The van der Waals surface area contributed by atoms with E-state index in [1.807, 2.05) is 51.1 Å². The van der Waals surface area contributed by atoms with Crippen molar-refractivity contribution in [2.24, 2.45) is 0 Å². The summed E-state index contributed by atoms with van der Waals surface area (Å²) in [7, 11) is 0. The van der Waals surface area contributed by atoms with E-state index in [2.05, 4.69) is 15.5 Å². The number of rotatable bonds is 6. The number of fused-ring (bicyclic) bond motifs is 1. The van der Waals surface area contributed by atoms with Crippen molar-refractivity contribution in [2.75, 3.05) is 0 Å². The highest BCUT2D eigenvalue weighted by atomic mass is 19.1. The Morgan fingerprint density at radius 2 is 1.75 bits per heavy atom. The highest BCUT2D eigenvalue weighted by Crippen LogP contribution is 2.22. The van der Waals surface area contributed by atoms with Gasteiger partial charge in [0.05, 0.1) is 22.5 Å². The van der Waals surface area contributed by atoms with E-state index in [0.29, 0.717) is 17.5 Å².